The zero-order valence-electron chi connectivity index (χ0n) is 21.4. The number of hydrogen-bond acceptors (Lipinski definition) is 6. The molecule has 188 valence electrons. The first-order valence-electron chi connectivity index (χ1n) is 13.2. The molecule has 1 aromatic heterocycles. The first kappa shape index (κ1) is 24.3. The summed E-state index contributed by atoms with van der Waals surface area (Å²) in [7, 11) is 0. The number of nitrogens with two attached hydrogens (primary N) is 1. The molecule has 0 unspecified atom stereocenters. The van der Waals surface area contributed by atoms with Crippen LogP contribution in [0, 0.1) is 0 Å². The van der Waals surface area contributed by atoms with Crippen molar-refractivity contribution in [3.63, 3.8) is 0 Å². The maximum absolute atomic E-state index is 6.30. The topological polar surface area (TPSA) is 67.5 Å². The van der Waals surface area contributed by atoms with Crippen molar-refractivity contribution < 1.29 is 4.74 Å². The van der Waals surface area contributed by atoms with Gasteiger partial charge in [0.25, 0.3) is 0 Å². The summed E-state index contributed by atoms with van der Waals surface area (Å²) in [5.74, 6) is 1.35. The SMILES string of the molecule is C=C1Cc2c(N)nc(OCCCC)nc2N(Cc2ccc(-c3ccc(CN4CCCC4)cc3)cc2)C1. The number of rotatable bonds is 9. The fraction of sp³-hybridized carbons (Fsp3) is 0.400. The number of nitrogen functional groups attached to an aromatic ring is 1. The molecular weight excluding hydrogens is 446 g/mol. The lowest BCUT2D eigenvalue weighted by molar-refractivity contribution is 0.285. The Bertz CT molecular complexity index is 1180. The number of likely N-dealkylation sites (tertiary alicyclic amines) is 1. The molecule has 2 aliphatic heterocycles. The van der Waals surface area contributed by atoms with Gasteiger partial charge in [-0.3, -0.25) is 4.90 Å². The molecule has 0 saturated carbocycles. The number of hydrogen-bond donors (Lipinski definition) is 1. The second kappa shape index (κ2) is 11.1. The van der Waals surface area contributed by atoms with E-state index in [1.54, 1.807) is 0 Å². The standard InChI is InChI=1S/C30H37N5O/c1-3-4-17-36-30-32-28(31)27-18-22(2)19-35(29(27)33-30)21-24-9-13-26(14-10-24)25-11-7-23(8-12-25)20-34-15-5-6-16-34/h7-14H,2-6,15-21H2,1H3,(H2,31,32,33). The van der Waals surface area contributed by atoms with Gasteiger partial charge in [0.1, 0.15) is 11.6 Å². The molecule has 0 bridgehead atoms. The Labute approximate surface area is 214 Å². The van der Waals surface area contributed by atoms with Crippen LogP contribution in [-0.2, 0) is 19.5 Å². The van der Waals surface area contributed by atoms with Crippen LogP contribution in [0.3, 0.4) is 0 Å². The monoisotopic (exact) mass is 483 g/mol. The number of unbranched alkanes of at least 4 members (excludes halogenated alkanes) is 1. The molecule has 0 amide bonds. The molecule has 6 nitrogen and oxygen atoms in total. The third-order valence-corrected chi connectivity index (χ3v) is 7.09. The Hall–Kier alpha value is -3.38. The van der Waals surface area contributed by atoms with Gasteiger partial charge < -0.3 is 15.4 Å². The van der Waals surface area contributed by atoms with Crippen LogP contribution in [0.2, 0.25) is 0 Å². The summed E-state index contributed by atoms with van der Waals surface area (Å²) in [5.41, 5.74) is 13.4. The van der Waals surface area contributed by atoms with Gasteiger partial charge in [-0.2, -0.15) is 9.97 Å². The molecule has 3 aromatic rings. The van der Waals surface area contributed by atoms with Gasteiger partial charge in [0.2, 0.25) is 0 Å². The Morgan fingerprint density at radius 2 is 1.56 bits per heavy atom. The smallest absolute Gasteiger partial charge is 0.320 e. The van der Waals surface area contributed by atoms with E-state index in [4.69, 9.17) is 15.5 Å². The molecule has 2 aromatic carbocycles. The summed E-state index contributed by atoms with van der Waals surface area (Å²) in [6.45, 7) is 12.0. The molecule has 5 rings (SSSR count). The van der Waals surface area contributed by atoms with Gasteiger partial charge in [-0.15, -0.1) is 0 Å². The second-order valence-electron chi connectivity index (χ2n) is 10.1. The lowest BCUT2D eigenvalue weighted by Gasteiger charge is -2.32. The van der Waals surface area contributed by atoms with Gasteiger partial charge in [0.15, 0.2) is 0 Å². The molecule has 0 atom stereocenters. The first-order chi connectivity index (χ1) is 17.6. The number of anilines is 2. The van der Waals surface area contributed by atoms with Gasteiger partial charge in [0, 0.05) is 31.6 Å². The average molecular weight is 484 g/mol. The van der Waals surface area contributed by atoms with Crippen LogP contribution in [-0.4, -0.2) is 41.1 Å². The zero-order chi connectivity index (χ0) is 24.9. The third kappa shape index (κ3) is 5.71. The quantitative estimate of drug-likeness (QED) is 0.315. The fourth-order valence-corrected chi connectivity index (χ4v) is 5.08. The van der Waals surface area contributed by atoms with Gasteiger partial charge in [-0.25, -0.2) is 0 Å². The predicted octanol–water partition coefficient (Wildman–Crippen LogP) is 5.62. The molecule has 1 fully saturated rings. The second-order valence-corrected chi connectivity index (χ2v) is 10.1. The van der Waals surface area contributed by atoms with E-state index in [0.717, 1.165) is 49.4 Å². The van der Waals surface area contributed by atoms with E-state index in [9.17, 15) is 0 Å². The molecule has 36 heavy (non-hydrogen) atoms. The zero-order valence-corrected chi connectivity index (χ0v) is 21.4. The molecule has 0 aliphatic carbocycles. The molecule has 3 heterocycles. The van der Waals surface area contributed by atoms with Crippen molar-refractivity contribution >= 4 is 11.6 Å². The molecule has 6 heteroatoms. The Morgan fingerprint density at radius 1 is 0.917 bits per heavy atom. The number of nitrogens with zero attached hydrogens (tertiary/aromatic N) is 4. The highest BCUT2D eigenvalue weighted by molar-refractivity contribution is 5.65. The predicted molar refractivity (Wildman–Crippen MR) is 147 cm³/mol. The lowest BCUT2D eigenvalue weighted by atomic mass is 10.00. The number of benzene rings is 2. The Balaban J connectivity index is 1.29. The molecule has 1 saturated heterocycles. The highest BCUT2D eigenvalue weighted by Gasteiger charge is 2.25. The molecule has 2 N–H and O–H groups in total. The fourth-order valence-electron chi connectivity index (χ4n) is 5.08. The maximum Gasteiger partial charge on any atom is 0.320 e. The van der Waals surface area contributed by atoms with Crippen LogP contribution < -0.4 is 15.4 Å². The van der Waals surface area contributed by atoms with E-state index in [2.05, 4.69) is 76.8 Å². The highest BCUT2D eigenvalue weighted by atomic mass is 16.5. The van der Waals surface area contributed by atoms with Gasteiger partial charge in [-0.05, 0) is 54.6 Å². The summed E-state index contributed by atoms with van der Waals surface area (Å²) >= 11 is 0. The Morgan fingerprint density at radius 3 is 2.19 bits per heavy atom. The van der Waals surface area contributed by atoms with E-state index in [-0.39, 0.29) is 0 Å². The van der Waals surface area contributed by atoms with Gasteiger partial charge in [-0.1, -0.05) is 74.0 Å². The minimum atomic E-state index is 0.362. The van der Waals surface area contributed by atoms with Gasteiger partial charge >= 0.3 is 6.01 Å². The van der Waals surface area contributed by atoms with Crippen molar-refractivity contribution in [1.82, 2.24) is 14.9 Å². The number of aromatic nitrogens is 2. The maximum atomic E-state index is 6.30. The van der Waals surface area contributed by atoms with Crippen LogP contribution >= 0.6 is 0 Å². The van der Waals surface area contributed by atoms with Crippen LogP contribution in [0.5, 0.6) is 6.01 Å². The van der Waals surface area contributed by atoms with Crippen LogP contribution in [0.25, 0.3) is 11.1 Å². The van der Waals surface area contributed by atoms with Crippen LogP contribution in [0.15, 0.2) is 60.7 Å². The lowest BCUT2D eigenvalue weighted by Crippen LogP contribution is -2.32. The minimum Gasteiger partial charge on any atom is -0.463 e. The summed E-state index contributed by atoms with van der Waals surface area (Å²) in [6.07, 6.45) is 5.39. The van der Waals surface area contributed by atoms with Crippen molar-refractivity contribution in [2.24, 2.45) is 0 Å². The van der Waals surface area contributed by atoms with Crippen molar-refractivity contribution in [2.75, 3.05) is 36.9 Å². The Kier molecular flexibility index (Phi) is 7.52. The van der Waals surface area contributed by atoms with Crippen molar-refractivity contribution in [2.45, 2.75) is 52.1 Å². The number of fused-ring (bicyclic) bond motifs is 1. The summed E-state index contributed by atoms with van der Waals surface area (Å²) in [4.78, 5) is 13.9. The van der Waals surface area contributed by atoms with Crippen molar-refractivity contribution in [3.8, 4) is 17.1 Å². The normalized spacial score (nSPS) is 15.8. The molecule has 2 aliphatic rings. The van der Waals surface area contributed by atoms with E-state index >= 15 is 0 Å². The van der Waals surface area contributed by atoms with Crippen LogP contribution in [0.1, 0.15) is 49.3 Å². The highest BCUT2D eigenvalue weighted by Crippen LogP contribution is 2.33. The van der Waals surface area contributed by atoms with E-state index in [0.29, 0.717) is 24.9 Å². The third-order valence-electron chi connectivity index (χ3n) is 7.09. The minimum absolute atomic E-state index is 0.362. The molecule has 0 spiro atoms. The summed E-state index contributed by atoms with van der Waals surface area (Å²) in [5, 5.41) is 0. The average Bonchev–Trinajstić information content (AvgIpc) is 3.39. The number of ether oxygens (including phenoxy) is 1. The summed E-state index contributed by atoms with van der Waals surface area (Å²) < 4.78 is 5.77. The van der Waals surface area contributed by atoms with E-state index in [1.807, 2.05) is 0 Å². The van der Waals surface area contributed by atoms with Crippen LogP contribution in [0.4, 0.5) is 11.6 Å². The largest absolute Gasteiger partial charge is 0.463 e. The van der Waals surface area contributed by atoms with E-state index < -0.39 is 0 Å². The van der Waals surface area contributed by atoms with Crippen molar-refractivity contribution in [3.05, 3.63) is 77.4 Å². The van der Waals surface area contributed by atoms with E-state index in [1.165, 1.54) is 48.2 Å². The van der Waals surface area contributed by atoms with Gasteiger partial charge in [0.05, 0.1) is 6.61 Å². The molecular formula is C30H37N5O. The van der Waals surface area contributed by atoms with Crippen molar-refractivity contribution in [1.29, 1.82) is 0 Å². The molecule has 0 radical (unpaired) electrons. The first-order valence-corrected chi connectivity index (χ1v) is 13.2. The summed E-state index contributed by atoms with van der Waals surface area (Å²) in [6, 6.07) is 18.2.